The molecule has 0 saturated heterocycles. The summed E-state index contributed by atoms with van der Waals surface area (Å²) >= 11 is 5.89. The van der Waals surface area contributed by atoms with E-state index in [4.69, 9.17) is 26.8 Å². The molecule has 130 valence electrons. The first-order valence-electron chi connectivity index (χ1n) is 7.19. The number of carbonyl (C=O) groups is 3. The van der Waals surface area contributed by atoms with Crippen LogP contribution in [0.5, 0.6) is 5.75 Å². The zero-order valence-electron chi connectivity index (χ0n) is 13.0. The molecule has 0 bridgehead atoms. The zero-order valence-corrected chi connectivity index (χ0v) is 13.8. The monoisotopic (exact) mass is 362 g/mol. The standard InChI is InChI=1S/C17H15ClN2O5/c18-12-6-2-4-8-14(12)24-10-16(22)25-9-15(21)20-13-7-3-1-5-11(13)17(19)23/h1-8H,9-10H2,(H2,19,23)(H,20,21). The predicted octanol–water partition coefficient (Wildman–Crippen LogP) is 2.00. The van der Waals surface area contributed by atoms with Crippen LogP contribution < -0.4 is 15.8 Å². The SMILES string of the molecule is NC(=O)c1ccccc1NC(=O)COC(=O)COc1ccccc1Cl. The number of benzene rings is 2. The summed E-state index contributed by atoms with van der Waals surface area (Å²) in [5.41, 5.74) is 5.61. The van der Waals surface area contributed by atoms with E-state index in [0.29, 0.717) is 10.8 Å². The Morgan fingerprint density at radius 2 is 1.68 bits per heavy atom. The molecule has 2 amide bonds. The summed E-state index contributed by atoms with van der Waals surface area (Å²) in [6, 6.07) is 12.9. The second-order valence-corrected chi connectivity index (χ2v) is 5.24. The van der Waals surface area contributed by atoms with Crippen molar-refractivity contribution in [1.82, 2.24) is 0 Å². The van der Waals surface area contributed by atoms with Crippen molar-refractivity contribution in [2.45, 2.75) is 0 Å². The second-order valence-electron chi connectivity index (χ2n) is 4.84. The van der Waals surface area contributed by atoms with Gasteiger partial charge in [0.15, 0.2) is 13.2 Å². The number of nitrogens with two attached hydrogens (primary N) is 1. The van der Waals surface area contributed by atoms with Crippen LogP contribution in [0.2, 0.25) is 5.02 Å². The van der Waals surface area contributed by atoms with Crippen molar-refractivity contribution >= 4 is 35.1 Å². The molecule has 0 heterocycles. The molecule has 2 aromatic rings. The molecule has 8 heteroatoms. The molecule has 7 nitrogen and oxygen atoms in total. The first-order chi connectivity index (χ1) is 12.0. The smallest absolute Gasteiger partial charge is 0.344 e. The van der Waals surface area contributed by atoms with Crippen molar-refractivity contribution in [3.05, 3.63) is 59.1 Å². The van der Waals surface area contributed by atoms with Crippen LogP contribution in [0.1, 0.15) is 10.4 Å². The summed E-state index contributed by atoms with van der Waals surface area (Å²) in [4.78, 5) is 34.7. The van der Waals surface area contributed by atoms with Crippen LogP contribution in [0.15, 0.2) is 48.5 Å². The van der Waals surface area contributed by atoms with Gasteiger partial charge in [-0.2, -0.15) is 0 Å². The number of carbonyl (C=O) groups excluding carboxylic acids is 3. The highest BCUT2D eigenvalue weighted by atomic mass is 35.5. The summed E-state index contributed by atoms with van der Waals surface area (Å²) in [7, 11) is 0. The minimum absolute atomic E-state index is 0.157. The number of primary amides is 1. The average Bonchev–Trinajstić information content (AvgIpc) is 2.59. The molecule has 3 N–H and O–H groups in total. The topological polar surface area (TPSA) is 108 Å². The predicted molar refractivity (Wildman–Crippen MR) is 91.5 cm³/mol. The van der Waals surface area contributed by atoms with E-state index >= 15 is 0 Å². The van der Waals surface area contributed by atoms with Gasteiger partial charge < -0.3 is 20.5 Å². The third-order valence-electron chi connectivity index (χ3n) is 3.01. The maximum absolute atomic E-state index is 11.8. The van der Waals surface area contributed by atoms with Crippen molar-refractivity contribution in [2.75, 3.05) is 18.5 Å². The number of ether oxygens (including phenoxy) is 2. The van der Waals surface area contributed by atoms with E-state index in [-0.39, 0.29) is 11.3 Å². The van der Waals surface area contributed by atoms with Gasteiger partial charge >= 0.3 is 5.97 Å². The number of esters is 1. The summed E-state index contributed by atoms with van der Waals surface area (Å²) in [5, 5.41) is 2.81. The normalized spacial score (nSPS) is 9.96. The molecular formula is C17H15ClN2O5. The fraction of sp³-hybridized carbons (Fsp3) is 0.118. The maximum Gasteiger partial charge on any atom is 0.344 e. The Hall–Kier alpha value is -3.06. The van der Waals surface area contributed by atoms with Crippen LogP contribution in [0.4, 0.5) is 5.69 Å². The molecule has 0 aliphatic heterocycles. The minimum atomic E-state index is -0.738. The van der Waals surface area contributed by atoms with Crippen LogP contribution >= 0.6 is 11.6 Å². The van der Waals surface area contributed by atoms with Crippen molar-refractivity contribution in [2.24, 2.45) is 5.73 Å². The van der Waals surface area contributed by atoms with E-state index < -0.39 is 31.0 Å². The molecule has 2 rings (SSSR count). The van der Waals surface area contributed by atoms with E-state index in [1.54, 1.807) is 36.4 Å². The summed E-state index contributed by atoms with van der Waals surface area (Å²) < 4.78 is 10.0. The molecule has 2 aromatic carbocycles. The van der Waals surface area contributed by atoms with E-state index in [0.717, 1.165) is 0 Å². The van der Waals surface area contributed by atoms with Crippen molar-refractivity contribution in [1.29, 1.82) is 0 Å². The zero-order chi connectivity index (χ0) is 18.2. The molecule has 0 radical (unpaired) electrons. The molecule has 0 fully saturated rings. The summed E-state index contributed by atoms with van der Waals surface area (Å²) in [6.45, 7) is -0.924. The fourth-order valence-corrected chi connectivity index (χ4v) is 2.07. The van der Waals surface area contributed by atoms with Gasteiger partial charge in [-0.3, -0.25) is 9.59 Å². The number of nitrogens with one attached hydrogen (secondary N) is 1. The third-order valence-corrected chi connectivity index (χ3v) is 3.33. The highest BCUT2D eigenvalue weighted by molar-refractivity contribution is 6.32. The number of halogens is 1. The van der Waals surface area contributed by atoms with Crippen LogP contribution in [0.3, 0.4) is 0 Å². The first kappa shape index (κ1) is 18.3. The van der Waals surface area contributed by atoms with E-state index in [9.17, 15) is 14.4 Å². The molecule has 0 aliphatic carbocycles. The average molecular weight is 363 g/mol. The number of para-hydroxylation sites is 2. The van der Waals surface area contributed by atoms with Gasteiger partial charge in [-0.05, 0) is 24.3 Å². The van der Waals surface area contributed by atoms with Gasteiger partial charge in [0.1, 0.15) is 5.75 Å². The number of anilines is 1. The highest BCUT2D eigenvalue weighted by Gasteiger charge is 2.13. The Bertz CT molecular complexity index is 794. The van der Waals surface area contributed by atoms with Gasteiger partial charge in [-0.25, -0.2) is 4.79 Å². The molecule has 25 heavy (non-hydrogen) atoms. The quantitative estimate of drug-likeness (QED) is 0.732. The lowest BCUT2D eigenvalue weighted by atomic mass is 10.1. The third kappa shape index (κ3) is 5.50. The van der Waals surface area contributed by atoms with E-state index in [1.165, 1.54) is 12.1 Å². The molecule has 0 saturated carbocycles. The Labute approximate surface area is 148 Å². The van der Waals surface area contributed by atoms with E-state index in [2.05, 4.69) is 5.32 Å². The minimum Gasteiger partial charge on any atom is -0.480 e. The molecule has 0 aliphatic rings. The molecule has 0 spiro atoms. The number of hydrogen-bond donors (Lipinski definition) is 2. The summed E-state index contributed by atoms with van der Waals surface area (Å²) in [5.74, 6) is -1.69. The number of rotatable bonds is 7. The maximum atomic E-state index is 11.8. The van der Waals surface area contributed by atoms with Gasteiger partial charge in [0.05, 0.1) is 16.3 Å². The fourth-order valence-electron chi connectivity index (χ4n) is 1.88. The van der Waals surface area contributed by atoms with Crippen LogP contribution in [-0.4, -0.2) is 31.0 Å². The van der Waals surface area contributed by atoms with Gasteiger partial charge in [0, 0.05) is 0 Å². The molecule has 0 atom stereocenters. The van der Waals surface area contributed by atoms with Crippen molar-refractivity contribution in [3.63, 3.8) is 0 Å². The Morgan fingerprint density at radius 3 is 2.40 bits per heavy atom. The van der Waals surface area contributed by atoms with Crippen LogP contribution in [-0.2, 0) is 14.3 Å². The molecule has 0 unspecified atom stereocenters. The Balaban J connectivity index is 1.81. The van der Waals surface area contributed by atoms with E-state index in [1.807, 2.05) is 0 Å². The Kier molecular flexibility index (Phi) is 6.36. The highest BCUT2D eigenvalue weighted by Crippen LogP contribution is 2.22. The second kappa shape index (κ2) is 8.70. The van der Waals surface area contributed by atoms with Gasteiger partial charge in [-0.15, -0.1) is 0 Å². The lowest BCUT2D eigenvalue weighted by molar-refractivity contribution is -0.149. The van der Waals surface area contributed by atoms with Crippen LogP contribution in [0, 0.1) is 0 Å². The first-order valence-corrected chi connectivity index (χ1v) is 7.57. The molecule has 0 aromatic heterocycles. The van der Waals surface area contributed by atoms with Gasteiger partial charge in [0.25, 0.3) is 11.8 Å². The summed E-state index contributed by atoms with van der Waals surface area (Å²) in [6.07, 6.45) is 0. The van der Waals surface area contributed by atoms with Crippen molar-refractivity contribution < 1.29 is 23.9 Å². The van der Waals surface area contributed by atoms with Crippen LogP contribution in [0.25, 0.3) is 0 Å². The lowest BCUT2D eigenvalue weighted by Crippen LogP contribution is -2.25. The number of amides is 2. The number of hydrogen-bond acceptors (Lipinski definition) is 5. The van der Waals surface area contributed by atoms with Gasteiger partial charge in [-0.1, -0.05) is 35.9 Å². The van der Waals surface area contributed by atoms with Crippen molar-refractivity contribution in [3.8, 4) is 5.75 Å². The Morgan fingerprint density at radius 1 is 1.00 bits per heavy atom. The van der Waals surface area contributed by atoms with Gasteiger partial charge in [0.2, 0.25) is 0 Å². The largest absolute Gasteiger partial charge is 0.480 e. The molecular weight excluding hydrogens is 348 g/mol. The lowest BCUT2D eigenvalue weighted by Gasteiger charge is -2.10.